The van der Waals surface area contributed by atoms with E-state index in [1.54, 1.807) is 35.1 Å². The smallest absolute Gasteiger partial charge is 0.254 e. The monoisotopic (exact) mass is 510 g/mol. The third kappa shape index (κ3) is 5.98. The number of carbonyl (C=O) groups excluding carboxylic acids is 2. The topological polar surface area (TPSA) is 119 Å². The molecule has 4 aromatic rings. The van der Waals surface area contributed by atoms with Crippen LogP contribution in [0.1, 0.15) is 42.2 Å². The summed E-state index contributed by atoms with van der Waals surface area (Å²) in [5.74, 6) is -1.10. The normalized spacial score (nSPS) is 12.2. The van der Waals surface area contributed by atoms with Crippen LogP contribution < -0.4 is 10.6 Å². The number of hydrogen-bond acceptors (Lipinski definition) is 6. The number of nitrogens with one attached hydrogen (secondary N) is 2. The maximum atomic E-state index is 13.3. The summed E-state index contributed by atoms with van der Waals surface area (Å²) in [5.41, 5.74) is 2.04. The molecule has 2 atom stereocenters. The molecule has 1 aromatic carbocycles. The van der Waals surface area contributed by atoms with Gasteiger partial charge in [0.05, 0.1) is 52.4 Å². The van der Waals surface area contributed by atoms with Gasteiger partial charge in [0.15, 0.2) is 0 Å². The lowest BCUT2D eigenvalue weighted by molar-refractivity contribution is -0.121. The number of hydrogen-bond donors (Lipinski definition) is 2. The molecule has 0 fully saturated rings. The summed E-state index contributed by atoms with van der Waals surface area (Å²) in [4.78, 5) is 33.7. The molecule has 0 saturated heterocycles. The molecule has 2 N–H and O–H groups in total. The highest BCUT2D eigenvalue weighted by Crippen LogP contribution is 2.23. The van der Waals surface area contributed by atoms with Gasteiger partial charge in [-0.1, -0.05) is 13.8 Å². The fourth-order valence-corrected chi connectivity index (χ4v) is 4.00. The van der Waals surface area contributed by atoms with Crippen molar-refractivity contribution in [3.8, 4) is 5.69 Å². The van der Waals surface area contributed by atoms with E-state index in [2.05, 4.69) is 25.7 Å². The summed E-state index contributed by atoms with van der Waals surface area (Å²) in [7, 11) is 0.185. The van der Waals surface area contributed by atoms with Crippen LogP contribution in [0.15, 0.2) is 66.2 Å². The Labute approximate surface area is 210 Å². The maximum absolute atomic E-state index is 13.3. The molecule has 2 amide bonds. The van der Waals surface area contributed by atoms with Crippen molar-refractivity contribution in [2.45, 2.75) is 31.3 Å². The summed E-state index contributed by atoms with van der Waals surface area (Å²) < 4.78 is 26.7. The lowest BCUT2D eigenvalue weighted by Gasteiger charge is -2.19. The fraction of sp³-hybridized carbons (Fsp3) is 0.240. The van der Waals surface area contributed by atoms with Gasteiger partial charge in [0.2, 0.25) is 5.91 Å². The molecule has 11 heteroatoms. The Hall–Kier alpha value is -3.99. The van der Waals surface area contributed by atoms with E-state index < -0.39 is 22.7 Å². The van der Waals surface area contributed by atoms with Crippen LogP contribution in [-0.4, -0.2) is 49.1 Å². The number of amides is 2. The molecular weight excluding hydrogens is 483 g/mol. The van der Waals surface area contributed by atoms with Crippen LogP contribution >= 0.6 is 0 Å². The number of aromatic nitrogens is 4. The molecule has 0 aliphatic carbocycles. The largest absolute Gasteiger partial charge is 0.359 e. The molecule has 2 unspecified atom stereocenters. The molecule has 0 aliphatic rings. The first-order chi connectivity index (χ1) is 17.4. The van der Waals surface area contributed by atoms with Gasteiger partial charge >= 0.3 is 0 Å². The first kappa shape index (κ1) is 26.6. The van der Waals surface area contributed by atoms with Gasteiger partial charge < -0.3 is 10.6 Å². The van der Waals surface area contributed by atoms with Crippen molar-refractivity contribution in [3.63, 3.8) is 0 Å². The Balaban J connectivity index is 0.00000176. The first-order valence-electron chi connectivity index (χ1n) is 11.3. The number of carbonyl (C=O) groups is 2. The van der Waals surface area contributed by atoms with Crippen LogP contribution in [0.3, 0.4) is 0 Å². The highest BCUT2D eigenvalue weighted by atomic mass is 32.2. The predicted molar refractivity (Wildman–Crippen MR) is 136 cm³/mol. The molecule has 0 saturated carbocycles. The highest BCUT2D eigenvalue weighted by Gasteiger charge is 2.22. The van der Waals surface area contributed by atoms with Gasteiger partial charge in [0, 0.05) is 31.1 Å². The Bertz CT molecular complexity index is 1390. The summed E-state index contributed by atoms with van der Waals surface area (Å²) in [5, 5.41) is 10.7. The van der Waals surface area contributed by atoms with Crippen molar-refractivity contribution >= 4 is 33.5 Å². The van der Waals surface area contributed by atoms with E-state index in [0.29, 0.717) is 27.2 Å². The van der Waals surface area contributed by atoms with Gasteiger partial charge in [-0.3, -0.25) is 18.8 Å². The molecule has 0 bridgehead atoms. The van der Waals surface area contributed by atoms with E-state index >= 15 is 0 Å². The van der Waals surface area contributed by atoms with E-state index in [1.807, 2.05) is 13.8 Å². The van der Waals surface area contributed by atoms with Gasteiger partial charge in [0.25, 0.3) is 5.91 Å². The molecular formula is C25H27FN6O3S. The lowest BCUT2D eigenvalue weighted by atomic mass is 10.0. The molecule has 9 nitrogen and oxygen atoms in total. The first-order valence-corrected chi connectivity index (χ1v) is 12.8. The SMILES string of the molecule is CC.CNC(=O)CC(NC(=O)c1cncc2c1cnn2-c1ccc(F)cc1)c1ccnc(S(C)=O)c1. The lowest BCUT2D eigenvalue weighted by Crippen LogP contribution is -2.33. The average molecular weight is 511 g/mol. The number of pyridine rings is 2. The molecule has 3 heterocycles. The zero-order chi connectivity index (χ0) is 26.2. The molecule has 0 aliphatic heterocycles. The van der Waals surface area contributed by atoms with E-state index in [9.17, 15) is 18.2 Å². The van der Waals surface area contributed by atoms with E-state index in [1.165, 1.54) is 44.0 Å². The quantitative estimate of drug-likeness (QED) is 0.394. The zero-order valence-corrected chi connectivity index (χ0v) is 21.2. The Morgan fingerprint density at radius 1 is 1.11 bits per heavy atom. The van der Waals surface area contributed by atoms with Gasteiger partial charge in [-0.2, -0.15) is 5.10 Å². The van der Waals surface area contributed by atoms with Crippen molar-refractivity contribution in [2.75, 3.05) is 13.3 Å². The maximum Gasteiger partial charge on any atom is 0.254 e. The van der Waals surface area contributed by atoms with Gasteiger partial charge in [-0.15, -0.1) is 0 Å². The molecule has 0 spiro atoms. The zero-order valence-electron chi connectivity index (χ0n) is 20.4. The van der Waals surface area contributed by atoms with Gasteiger partial charge in [-0.25, -0.2) is 14.1 Å². The molecule has 0 radical (unpaired) electrons. The van der Waals surface area contributed by atoms with Crippen LogP contribution in [-0.2, 0) is 15.6 Å². The number of halogens is 1. The highest BCUT2D eigenvalue weighted by molar-refractivity contribution is 7.84. The van der Waals surface area contributed by atoms with Gasteiger partial charge in [0.1, 0.15) is 10.8 Å². The van der Waals surface area contributed by atoms with Crippen molar-refractivity contribution < 1.29 is 18.2 Å². The van der Waals surface area contributed by atoms with Crippen molar-refractivity contribution in [1.29, 1.82) is 0 Å². The predicted octanol–water partition coefficient (Wildman–Crippen LogP) is 3.33. The summed E-state index contributed by atoms with van der Waals surface area (Å²) >= 11 is 0. The summed E-state index contributed by atoms with van der Waals surface area (Å²) in [6, 6.07) is 8.37. The third-order valence-electron chi connectivity index (χ3n) is 5.24. The fourth-order valence-electron chi connectivity index (χ4n) is 3.48. The second-order valence-electron chi connectivity index (χ2n) is 7.44. The minimum absolute atomic E-state index is 0.0275. The van der Waals surface area contributed by atoms with Crippen LogP contribution in [0.25, 0.3) is 16.6 Å². The van der Waals surface area contributed by atoms with Crippen LogP contribution in [0, 0.1) is 5.82 Å². The Morgan fingerprint density at radius 3 is 2.50 bits per heavy atom. The van der Waals surface area contributed by atoms with Gasteiger partial charge in [-0.05, 0) is 42.0 Å². The molecule has 188 valence electrons. The Kier molecular flexibility index (Phi) is 8.96. The minimum atomic E-state index is -1.32. The number of nitrogens with zero attached hydrogens (tertiary/aromatic N) is 4. The Morgan fingerprint density at radius 2 is 1.83 bits per heavy atom. The van der Waals surface area contributed by atoms with E-state index in [4.69, 9.17) is 0 Å². The van der Waals surface area contributed by atoms with E-state index in [-0.39, 0.29) is 23.7 Å². The van der Waals surface area contributed by atoms with E-state index in [0.717, 1.165) is 0 Å². The van der Waals surface area contributed by atoms with Crippen molar-refractivity contribution in [2.24, 2.45) is 0 Å². The van der Waals surface area contributed by atoms with Crippen LogP contribution in [0.4, 0.5) is 4.39 Å². The number of benzene rings is 1. The molecule has 36 heavy (non-hydrogen) atoms. The number of fused-ring (bicyclic) bond motifs is 1. The number of rotatable bonds is 7. The average Bonchev–Trinajstić information content (AvgIpc) is 3.34. The molecule has 4 rings (SSSR count). The third-order valence-corrected chi connectivity index (χ3v) is 6.05. The van der Waals surface area contributed by atoms with Crippen molar-refractivity contribution in [3.05, 3.63) is 78.1 Å². The van der Waals surface area contributed by atoms with Crippen LogP contribution in [0.5, 0.6) is 0 Å². The molecule has 3 aromatic heterocycles. The second-order valence-corrected chi connectivity index (χ2v) is 8.76. The summed E-state index contributed by atoms with van der Waals surface area (Å²) in [6.45, 7) is 4.00. The second kappa shape index (κ2) is 12.1. The summed E-state index contributed by atoms with van der Waals surface area (Å²) in [6.07, 6.45) is 7.49. The minimum Gasteiger partial charge on any atom is -0.359 e. The standard InChI is InChI=1S/C23H21FN6O3S.C2H6/c1-25-21(31)10-19(14-7-8-27-22(9-14)34(2)33)29-23(32)18-11-26-13-20-17(18)12-28-30(20)16-5-3-15(24)4-6-16;1-2/h3-9,11-13,19H,10H2,1-2H3,(H,25,31)(H,29,32);1-2H3. The van der Waals surface area contributed by atoms with Crippen LogP contribution in [0.2, 0.25) is 0 Å². The van der Waals surface area contributed by atoms with Crippen molar-refractivity contribution in [1.82, 2.24) is 30.4 Å².